The average Bonchev–Trinajstić information content (AvgIpc) is 3.25. The Balaban J connectivity index is 1.90. The van der Waals surface area contributed by atoms with Crippen LogP contribution < -0.4 is 5.32 Å². The highest BCUT2D eigenvalue weighted by atomic mass is 19.1. The molecule has 0 saturated carbocycles. The van der Waals surface area contributed by atoms with E-state index in [0.29, 0.717) is 12.0 Å². The molecule has 1 fully saturated rings. The molecule has 1 heterocycles. The van der Waals surface area contributed by atoms with Gasteiger partial charge in [-0.2, -0.15) is 0 Å². The summed E-state index contributed by atoms with van der Waals surface area (Å²) in [5, 5.41) is 12.6. The minimum Gasteiger partial charge on any atom is -0.467 e. The number of likely N-dealkylation sites (tertiary alicyclic amines) is 1. The van der Waals surface area contributed by atoms with E-state index in [1.807, 2.05) is 30.3 Å². The quantitative estimate of drug-likeness (QED) is 0.573. The van der Waals surface area contributed by atoms with Gasteiger partial charge in [0.1, 0.15) is 18.0 Å². The molecule has 1 aliphatic rings. The second kappa shape index (κ2) is 11.1. The lowest BCUT2D eigenvalue weighted by Gasteiger charge is -2.37. The van der Waals surface area contributed by atoms with Gasteiger partial charge in [-0.3, -0.25) is 9.69 Å². The van der Waals surface area contributed by atoms with Crippen LogP contribution in [0.3, 0.4) is 0 Å². The summed E-state index contributed by atoms with van der Waals surface area (Å²) in [5.74, 6) is -1.94. The second-order valence-corrected chi connectivity index (χ2v) is 8.35. The average molecular weight is 473 g/mol. The minimum absolute atomic E-state index is 0.00469. The fraction of sp³-hybridized carbons (Fsp3) is 0.400. The Morgan fingerprint density at radius 3 is 2.50 bits per heavy atom. The first kappa shape index (κ1) is 25.2. The molecule has 0 aromatic heterocycles. The first-order valence-corrected chi connectivity index (χ1v) is 11.1. The number of amides is 2. The van der Waals surface area contributed by atoms with Gasteiger partial charge < -0.3 is 19.9 Å². The topological polar surface area (TPSA) is 105 Å². The molecule has 3 atom stereocenters. The van der Waals surface area contributed by atoms with Crippen molar-refractivity contribution in [1.82, 2.24) is 10.2 Å². The predicted octanol–water partition coefficient (Wildman–Crippen LogP) is 2.58. The number of halogens is 1. The van der Waals surface area contributed by atoms with Crippen LogP contribution in [0, 0.1) is 5.82 Å². The van der Waals surface area contributed by atoms with Gasteiger partial charge in [0, 0.05) is 13.0 Å². The minimum atomic E-state index is -1.44. The highest BCUT2D eigenvalue weighted by Crippen LogP contribution is 2.34. The molecule has 0 radical (unpaired) electrons. The van der Waals surface area contributed by atoms with Gasteiger partial charge in [0.2, 0.25) is 5.91 Å². The van der Waals surface area contributed by atoms with E-state index in [-0.39, 0.29) is 26.0 Å². The van der Waals surface area contributed by atoms with Crippen molar-refractivity contribution in [3.8, 4) is 0 Å². The second-order valence-electron chi connectivity index (χ2n) is 8.35. The summed E-state index contributed by atoms with van der Waals surface area (Å²) in [6, 6.07) is 13.6. The Morgan fingerprint density at radius 2 is 1.85 bits per heavy atom. The lowest BCUT2D eigenvalue weighted by Crippen LogP contribution is -2.62. The third kappa shape index (κ3) is 5.72. The Hall–Kier alpha value is -3.46. The number of methoxy groups -OCH3 is 1. The zero-order chi connectivity index (χ0) is 24.7. The summed E-state index contributed by atoms with van der Waals surface area (Å²) in [6.07, 6.45) is -1.16. The third-order valence-electron chi connectivity index (χ3n) is 5.95. The van der Waals surface area contributed by atoms with E-state index in [2.05, 4.69) is 5.32 Å². The van der Waals surface area contributed by atoms with Crippen molar-refractivity contribution in [2.75, 3.05) is 13.7 Å². The van der Waals surface area contributed by atoms with Crippen molar-refractivity contribution in [1.29, 1.82) is 0 Å². The molecule has 0 bridgehead atoms. The molecule has 1 aliphatic heterocycles. The Morgan fingerprint density at radius 1 is 1.15 bits per heavy atom. The van der Waals surface area contributed by atoms with Crippen LogP contribution in [0.5, 0.6) is 0 Å². The number of hydrogen-bond acceptors (Lipinski definition) is 6. The highest BCUT2D eigenvalue weighted by Gasteiger charge is 2.51. The van der Waals surface area contributed by atoms with Crippen LogP contribution in [0.4, 0.5) is 9.18 Å². The van der Waals surface area contributed by atoms with Gasteiger partial charge in [0.25, 0.3) is 0 Å². The zero-order valence-electron chi connectivity index (χ0n) is 19.2. The van der Waals surface area contributed by atoms with E-state index >= 15 is 0 Å². The van der Waals surface area contributed by atoms with Crippen LogP contribution in [-0.4, -0.2) is 59.3 Å². The smallest absolute Gasteiger partial charge is 0.411 e. The fourth-order valence-electron chi connectivity index (χ4n) is 4.21. The van der Waals surface area contributed by atoms with Gasteiger partial charge in [-0.15, -0.1) is 0 Å². The van der Waals surface area contributed by atoms with E-state index in [1.54, 1.807) is 6.07 Å². The summed E-state index contributed by atoms with van der Waals surface area (Å²) in [5.41, 5.74) is -0.150. The Bertz CT molecular complexity index is 1020. The molecule has 0 spiro atoms. The molecule has 9 heteroatoms. The molecule has 0 unspecified atom stereocenters. The maximum absolute atomic E-state index is 13.9. The summed E-state index contributed by atoms with van der Waals surface area (Å²) in [7, 11) is 1.15. The number of nitrogens with zero attached hydrogens (tertiary/aromatic N) is 1. The van der Waals surface area contributed by atoms with Crippen molar-refractivity contribution in [2.45, 2.75) is 50.5 Å². The van der Waals surface area contributed by atoms with Crippen LogP contribution in [0.2, 0.25) is 0 Å². The number of rotatable bonds is 8. The number of esters is 1. The molecular weight excluding hydrogens is 443 g/mol. The molecule has 8 nitrogen and oxygen atoms in total. The number of carbonyl (C=O) groups excluding carboxylic acids is 3. The Labute approximate surface area is 197 Å². The summed E-state index contributed by atoms with van der Waals surface area (Å²) in [6.45, 7) is 1.61. The maximum atomic E-state index is 13.9. The van der Waals surface area contributed by atoms with Crippen molar-refractivity contribution < 1.29 is 33.4 Å². The molecule has 3 rings (SSSR count). The van der Waals surface area contributed by atoms with E-state index in [1.165, 1.54) is 30.0 Å². The monoisotopic (exact) mass is 472 g/mol. The van der Waals surface area contributed by atoms with E-state index in [9.17, 15) is 23.9 Å². The molecular formula is C25H29FN2O6. The van der Waals surface area contributed by atoms with Crippen molar-refractivity contribution in [3.63, 3.8) is 0 Å². The number of carbonyl (C=O) groups is 3. The van der Waals surface area contributed by atoms with Gasteiger partial charge in [-0.25, -0.2) is 14.0 Å². The normalized spacial score (nSPS) is 19.2. The number of benzene rings is 2. The molecule has 2 amide bonds. The van der Waals surface area contributed by atoms with Crippen LogP contribution in [-0.2, 0) is 32.1 Å². The molecule has 2 aromatic rings. The largest absolute Gasteiger partial charge is 0.467 e. The fourth-order valence-corrected chi connectivity index (χ4v) is 4.21. The molecule has 0 aliphatic carbocycles. The van der Waals surface area contributed by atoms with Gasteiger partial charge >= 0.3 is 12.1 Å². The molecule has 1 saturated heterocycles. The van der Waals surface area contributed by atoms with E-state index in [0.717, 1.165) is 12.7 Å². The van der Waals surface area contributed by atoms with Crippen LogP contribution in [0.25, 0.3) is 0 Å². The van der Waals surface area contributed by atoms with Gasteiger partial charge in [-0.05, 0) is 43.0 Å². The maximum Gasteiger partial charge on any atom is 0.411 e. The molecule has 2 N–H and O–H groups in total. The SMILES string of the molecule is COC(=O)[C@H](NC(=O)[C@@]1(Cc2cccc(F)c2)CCCN1C(=O)OCc1ccccc1)[C@H](C)O. The predicted molar refractivity (Wildman–Crippen MR) is 121 cm³/mol. The van der Waals surface area contributed by atoms with Crippen molar-refractivity contribution >= 4 is 18.0 Å². The van der Waals surface area contributed by atoms with Crippen LogP contribution >= 0.6 is 0 Å². The summed E-state index contributed by atoms with van der Waals surface area (Å²) in [4.78, 5) is 40.2. The lowest BCUT2D eigenvalue weighted by atomic mass is 9.86. The molecule has 2 aromatic carbocycles. The number of aliphatic hydroxyl groups excluding tert-OH is 1. The lowest BCUT2D eigenvalue weighted by molar-refractivity contribution is -0.149. The van der Waals surface area contributed by atoms with Gasteiger partial charge in [0.05, 0.1) is 13.2 Å². The van der Waals surface area contributed by atoms with E-state index in [4.69, 9.17) is 9.47 Å². The first-order valence-electron chi connectivity index (χ1n) is 11.1. The first-order chi connectivity index (χ1) is 16.3. The third-order valence-corrected chi connectivity index (χ3v) is 5.95. The van der Waals surface area contributed by atoms with Gasteiger partial charge in [0.15, 0.2) is 6.04 Å². The molecule has 182 valence electrons. The van der Waals surface area contributed by atoms with Crippen LogP contribution in [0.1, 0.15) is 30.9 Å². The Kier molecular flexibility index (Phi) is 8.22. The van der Waals surface area contributed by atoms with Crippen molar-refractivity contribution in [2.24, 2.45) is 0 Å². The zero-order valence-corrected chi connectivity index (χ0v) is 19.2. The standard InChI is InChI=1S/C25H29FN2O6/c1-17(29)21(22(30)33-2)27-23(31)25(15-19-10-6-11-20(26)14-19)12-7-13-28(25)24(32)34-16-18-8-4-3-5-9-18/h3-6,8-11,14,17,21,29H,7,12-13,15-16H2,1-2H3,(H,27,31)/t17-,21+,25-/m0/s1. The summed E-state index contributed by atoms with van der Waals surface area (Å²) >= 11 is 0. The highest BCUT2D eigenvalue weighted by molar-refractivity contribution is 5.94. The number of aliphatic hydroxyl groups is 1. The van der Waals surface area contributed by atoms with Crippen molar-refractivity contribution in [3.05, 3.63) is 71.5 Å². The van der Waals surface area contributed by atoms with Crippen LogP contribution in [0.15, 0.2) is 54.6 Å². The summed E-state index contributed by atoms with van der Waals surface area (Å²) < 4.78 is 24.1. The molecule has 34 heavy (non-hydrogen) atoms. The number of hydrogen-bond donors (Lipinski definition) is 2. The number of nitrogens with one attached hydrogen (secondary N) is 1. The van der Waals surface area contributed by atoms with Gasteiger partial charge in [-0.1, -0.05) is 42.5 Å². The van der Waals surface area contributed by atoms with E-state index < -0.39 is 41.5 Å². The number of ether oxygens (including phenoxy) is 2.